The molecule has 22 heavy (non-hydrogen) atoms. The molecule has 0 saturated heterocycles. The summed E-state index contributed by atoms with van der Waals surface area (Å²) < 4.78 is 40.6. The fraction of sp³-hybridized carbons (Fsp3) is 0.133. The molecule has 3 aromatic rings. The number of benzene rings is 2. The maximum absolute atomic E-state index is 14.1. The summed E-state index contributed by atoms with van der Waals surface area (Å²) in [6.07, 6.45) is 0. The van der Waals surface area contributed by atoms with Crippen LogP contribution in [-0.4, -0.2) is 21.3 Å². The summed E-state index contributed by atoms with van der Waals surface area (Å²) in [6.45, 7) is 1.98. The number of ether oxygens (including phenoxy) is 1. The van der Waals surface area contributed by atoms with Gasteiger partial charge in [0.1, 0.15) is 11.0 Å². The minimum atomic E-state index is -0.982. The summed E-state index contributed by atoms with van der Waals surface area (Å²) in [5, 5.41) is 0. The van der Waals surface area contributed by atoms with Crippen molar-refractivity contribution in [3.8, 4) is 11.1 Å². The SMILES string of the molecule is CCOC(=O)c1ccc(-c2c(F)c(F)cc3nsnc23)cc1. The number of hydrogen-bond donors (Lipinski definition) is 0. The van der Waals surface area contributed by atoms with Crippen molar-refractivity contribution in [3.05, 3.63) is 47.5 Å². The lowest BCUT2D eigenvalue weighted by molar-refractivity contribution is 0.0526. The smallest absolute Gasteiger partial charge is 0.338 e. The Balaban J connectivity index is 2.10. The fourth-order valence-corrected chi connectivity index (χ4v) is 2.66. The Bertz CT molecular complexity index is 847. The molecule has 4 nitrogen and oxygen atoms in total. The van der Waals surface area contributed by atoms with E-state index in [1.54, 1.807) is 6.92 Å². The Morgan fingerprint density at radius 1 is 1.23 bits per heavy atom. The summed E-state index contributed by atoms with van der Waals surface area (Å²) >= 11 is 0.886. The number of carbonyl (C=O) groups is 1. The average molecular weight is 320 g/mol. The van der Waals surface area contributed by atoms with E-state index in [1.807, 2.05) is 0 Å². The highest BCUT2D eigenvalue weighted by Crippen LogP contribution is 2.32. The Morgan fingerprint density at radius 3 is 2.64 bits per heavy atom. The van der Waals surface area contributed by atoms with Gasteiger partial charge in [0.15, 0.2) is 11.6 Å². The van der Waals surface area contributed by atoms with Crippen LogP contribution in [0.5, 0.6) is 0 Å². The van der Waals surface area contributed by atoms with E-state index in [9.17, 15) is 13.6 Å². The highest BCUT2D eigenvalue weighted by Gasteiger charge is 2.18. The van der Waals surface area contributed by atoms with E-state index >= 15 is 0 Å². The van der Waals surface area contributed by atoms with Crippen molar-refractivity contribution in [1.82, 2.24) is 8.75 Å². The van der Waals surface area contributed by atoms with Gasteiger partial charge in [0, 0.05) is 11.6 Å². The highest BCUT2D eigenvalue weighted by atomic mass is 32.1. The molecule has 0 atom stereocenters. The predicted octanol–water partition coefficient (Wildman–Crippen LogP) is 3.81. The van der Waals surface area contributed by atoms with E-state index in [0.717, 1.165) is 17.8 Å². The van der Waals surface area contributed by atoms with Gasteiger partial charge in [-0.05, 0) is 24.6 Å². The number of esters is 1. The van der Waals surface area contributed by atoms with Crippen LogP contribution in [0, 0.1) is 11.6 Å². The molecular weight excluding hydrogens is 310 g/mol. The highest BCUT2D eigenvalue weighted by molar-refractivity contribution is 7.00. The lowest BCUT2D eigenvalue weighted by Crippen LogP contribution is -2.04. The van der Waals surface area contributed by atoms with E-state index in [4.69, 9.17) is 4.74 Å². The Morgan fingerprint density at radius 2 is 1.95 bits per heavy atom. The van der Waals surface area contributed by atoms with Crippen molar-refractivity contribution in [1.29, 1.82) is 0 Å². The number of halogens is 2. The van der Waals surface area contributed by atoms with Gasteiger partial charge in [-0.1, -0.05) is 12.1 Å². The summed E-state index contributed by atoms with van der Waals surface area (Å²) in [6, 6.07) is 7.09. The second kappa shape index (κ2) is 5.76. The molecule has 7 heteroatoms. The van der Waals surface area contributed by atoms with Crippen LogP contribution in [0.1, 0.15) is 17.3 Å². The monoisotopic (exact) mass is 320 g/mol. The van der Waals surface area contributed by atoms with Crippen molar-refractivity contribution in [2.45, 2.75) is 6.92 Å². The Labute approximate surface area is 128 Å². The molecule has 112 valence electrons. The molecule has 0 fully saturated rings. The minimum Gasteiger partial charge on any atom is -0.462 e. The molecule has 0 aliphatic heterocycles. The summed E-state index contributed by atoms with van der Waals surface area (Å²) in [5.41, 5.74) is 1.40. The van der Waals surface area contributed by atoms with Crippen molar-refractivity contribution in [2.75, 3.05) is 6.61 Å². The normalized spacial score (nSPS) is 10.9. The molecule has 3 rings (SSSR count). The van der Waals surface area contributed by atoms with E-state index in [1.165, 1.54) is 24.3 Å². The third kappa shape index (κ3) is 2.43. The van der Waals surface area contributed by atoms with Crippen LogP contribution in [0.3, 0.4) is 0 Å². The lowest BCUT2D eigenvalue weighted by atomic mass is 10.0. The lowest BCUT2D eigenvalue weighted by Gasteiger charge is -2.07. The van der Waals surface area contributed by atoms with Crippen LogP contribution in [0.2, 0.25) is 0 Å². The summed E-state index contributed by atoms with van der Waals surface area (Å²) in [5.74, 6) is -2.43. The van der Waals surface area contributed by atoms with Crippen LogP contribution in [-0.2, 0) is 4.74 Å². The van der Waals surface area contributed by atoms with Gasteiger partial charge in [0.05, 0.1) is 23.9 Å². The zero-order valence-electron chi connectivity index (χ0n) is 11.5. The largest absolute Gasteiger partial charge is 0.462 e. The molecule has 0 N–H and O–H groups in total. The molecule has 0 aliphatic rings. The quantitative estimate of drug-likeness (QED) is 0.689. The molecule has 0 bridgehead atoms. The number of nitrogens with zero attached hydrogens (tertiary/aromatic N) is 2. The summed E-state index contributed by atoms with van der Waals surface area (Å²) in [7, 11) is 0. The molecule has 0 amide bonds. The van der Waals surface area contributed by atoms with E-state index in [0.29, 0.717) is 22.2 Å². The van der Waals surface area contributed by atoms with Crippen molar-refractivity contribution in [3.63, 3.8) is 0 Å². The van der Waals surface area contributed by atoms with Crippen LogP contribution in [0.25, 0.3) is 22.2 Å². The van der Waals surface area contributed by atoms with Crippen LogP contribution >= 0.6 is 11.7 Å². The molecule has 2 aromatic carbocycles. The second-order valence-electron chi connectivity index (χ2n) is 4.48. The van der Waals surface area contributed by atoms with Gasteiger partial charge in [-0.25, -0.2) is 13.6 Å². The maximum Gasteiger partial charge on any atom is 0.338 e. The van der Waals surface area contributed by atoms with Crippen LogP contribution < -0.4 is 0 Å². The molecule has 0 aliphatic carbocycles. The van der Waals surface area contributed by atoms with E-state index in [-0.39, 0.29) is 12.2 Å². The minimum absolute atomic E-state index is 0.0409. The number of hydrogen-bond acceptors (Lipinski definition) is 5. The molecule has 0 saturated carbocycles. The van der Waals surface area contributed by atoms with E-state index in [2.05, 4.69) is 8.75 Å². The standard InChI is InChI=1S/C15H10F2N2O2S/c1-2-21-15(20)9-5-3-8(4-6-9)12-13(17)10(16)7-11-14(12)19-22-18-11/h3-7H,2H2,1H3. The van der Waals surface area contributed by atoms with Gasteiger partial charge in [-0.2, -0.15) is 8.75 Å². The molecule has 0 spiro atoms. The van der Waals surface area contributed by atoms with Gasteiger partial charge >= 0.3 is 5.97 Å². The maximum atomic E-state index is 14.1. The van der Waals surface area contributed by atoms with Gasteiger partial charge in [0.25, 0.3) is 0 Å². The van der Waals surface area contributed by atoms with Crippen LogP contribution in [0.15, 0.2) is 30.3 Å². The molecule has 0 unspecified atom stereocenters. The first-order valence-corrected chi connectivity index (χ1v) is 7.22. The Hall–Kier alpha value is -2.41. The van der Waals surface area contributed by atoms with E-state index < -0.39 is 17.6 Å². The topological polar surface area (TPSA) is 52.1 Å². The third-order valence-corrected chi connectivity index (χ3v) is 3.67. The molecule has 1 heterocycles. The first-order valence-electron chi connectivity index (χ1n) is 6.49. The second-order valence-corrected chi connectivity index (χ2v) is 5.01. The first-order chi connectivity index (χ1) is 10.6. The summed E-state index contributed by atoms with van der Waals surface area (Å²) in [4.78, 5) is 11.6. The Kier molecular flexibility index (Phi) is 3.81. The number of carbonyl (C=O) groups excluding carboxylic acids is 1. The van der Waals surface area contributed by atoms with Gasteiger partial charge < -0.3 is 4.74 Å². The average Bonchev–Trinajstić information content (AvgIpc) is 2.96. The molecule has 1 aromatic heterocycles. The fourth-order valence-electron chi connectivity index (χ4n) is 2.12. The number of fused-ring (bicyclic) bond motifs is 1. The molecular formula is C15H10F2N2O2S. The zero-order valence-corrected chi connectivity index (χ0v) is 12.3. The van der Waals surface area contributed by atoms with Crippen LogP contribution in [0.4, 0.5) is 8.78 Å². The van der Waals surface area contributed by atoms with Crippen molar-refractivity contribution in [2.24, 2.45) is 0 Å². The third-order valence-electron chi connectivity index (χ3n) is 3.13. The number of rotatable bonds is 3. The predicted molar refractivity (Wildman–Crippen MR) is 78.7 cm³/mol. The van der Waals surface area contributed by atoms with Gasteiger partial charge in [-0.3, -0.25) is 0 Å². The molecule has 0 radical (unpaired) electrons. The number of aromatic nitrogens is 2. The zero-order chi connectivity index (χ0) is 15.7. The van der Waals surface area contributed by atoms with Gasteiger partial charge in [0.2, 0.25) is 0 Å². The first kappa shape index (κ1) is 14.5. The van der Waals surface area contributed by atoms with Crippen molar-refractivity contribution >= 4 is 28.7 Å². The van der Waals surface area contributed by atoms with Gasteiger partial charge in [-0.15, -0.1) is 0 Å². The van der Waals surface area contributed by atoms with Crippen molar-refractivity contribution < 1.29 is 18.3 Å².